The zero-order chi connectivity index (χ0) is 15.0. The predicted molar refractivity (Wildman–Crippen MR) is 95.3 cm³/mol. The molecule has 0 unspecified atom stereocenters. The summed E-state index contributed by atoms with van der Waals surface area (Å²) in [6.45, 7) is 13.4. The van der Waals surface area contributed by atoms with Crippen LogP contribution in [0.2, 0.25) is 0 Å². The summed E-state index contributed by atoms with van der Waals surface area (Å²) >= 11 is 2.04. The molecule has 0 aromatic rings. The lowest BCUT2D eigenvalue weighted by atomic mass is 9.70. The van der Waals surface area contributed by atoms with Gasteiger partial charge in [-0.2, -0.15) is 11.8 Å². The van der Waals surface area contributed by atoms with E-state index in [1.807, 2.05) is 17.8 Å². The topological polar surface area (TPSA) is 0 Å². The third kappa shape index (κ3) is 6.08. The van der Waals surface area contributed by atoms with Crippen molar-refractivity contribution in [2.75, 3.05) is 5.75 Å². The minimum atomic E-state index is 0.683. The Hall–Kier alpha value is -0.170. The molecule has 0 bridgehead atoms. The third-order valence-electron chi connectivity index (χ3n) is 4.65. The van der Waals surface area contributed by atoms with Crippen molar-refractivity contribution >= 4 is 11.8 Å². The quantitative estimate of drug-likeness (QED) is 0.471. The molecule has 0 amide bonds. The Balaban J connectivity index is 2.63. The summed E-state index contributed by atoms with van der Waals surface area (Å²) in [7, 11) is 0. The summed E-state index contributed by atoms with van der Waals surface area (Å²) in [6, 6.07) is 0. The summed E-state index contributed by atoms with van der Waals surface area (Å²) in [4.78, 5) is 0. The van der Waals surface area contributed by atoms with Gasteiger partial charge in [0, 0.05) is 11.0 Å². The van der Waals surface area contributed by atoms with Crippen molar-refractivity contribution in [2.24, 2.45) is 23.7 Å². The minimum absolute atomic E-state index is 0.683. The van der Waals surface area contributed by atoms with Crippen LogP contribution in [0.5, 0.6) is 0 Å². The van der Waals surface area contributed by atoms with Gasteiger partial charge >= 0.3 is 0 Å². The van der Waals surface area contributed by atoms with Gasteiger partial charge in [-0.3, -0.25) is 0 Å². The predicted octanol–water partition coefficient (Wildman–Crippen LogP) is 6.34. The number of hydrogen-bond donors (Lipinski definition) is 0. The average molecular weight is 295 g/mol. The van der Waals surface area contributed by atoms with Crippen LogP contribution in [0.4, 0.5) is 0 Å². The van der Waals surface area contributed by atoms with Gasteiger partial charge in [-0.15, -0.1) is 6.58 Å². The monoisotopic (exact) mass is 294 g/mol. The fourth-order valence-corrected chi connectivity index (χ4v) is 4.46. The molecule has 1 heteroatoms. The third-order valence-corrected chi connectivity index (χ3v) is 5.90. The molecule has 20 heavy (non-hydrogen) atoms. The lowest BCUT2D eigenvalue weighted by molar-refractivity contribution is 0.178. The molecular formula is C19H34S. The van der Waals surface area contributed by atoms with Gasteiger partial charge in [0.05, 0.1) is 0 Å². The van der Waals surface area contributed by atoms with Crippen LogP contribution in [-0.4, -0.2) is 11.0 Å². The van der Waals surface area contributed by atoms with Gasteiger partial charge in [0.25, 0.3) is 0 Å². The minimum Gasteiger partial charge on any atom is -0.150 e. The Morgan fingerprint density at radius 3 is 2.65 bits per heavy atom. The fraction of sp³-hybridized carbons (Fsp3) is 0.789. The maximum absolute atomic E-state index is 3.84. The molecule has 1 aliphatic carbocycles. The molecular weight excluding hydrogens is 260 g/mol. The number of thioether (sulfide) groups is 1. The molecule has 1 rings (SSSR count). The average Bonchev–Trinajstić information content (AvgIpc) is 2.41. The first kappa shape index (κ1) is 17.9. The highest BCUT2D eigenvalue weighted by atomic mass is 32.2. The highest BCUT2D eigenvalue weighted by molar-refractivity contribution is 8.00. The van der Waals surface area contributed by atoms with E-state index >= 15 is 0 Å². The lowest BCUT2D eigenvalue weighted by Crippen LogP contribution is -2.26. The van der Waals surface area contributed by atoms with Crippen molar-refractivity contribution < 1.29 is 0 Å². The summed E-state index contributed by atoms with van der Waals surface area (Å²) in [5.74, 6) is 4.51. The van der Waals surface area contributed by atoms with E-state index in [4.69, 9.17) is 0 Å². The van der Waals surface area contributed by atoms with Crippen molar-refractivity contribution in [1.82, 2.24) is 0 Å². The molecule has 0 aromatic carbocycles. The van der Waals surface area contributed by atoms with Crippen molar-refractivity contribution in [1.29, 1.82) is 0 Å². The first-order valence-electron chi connectivity index (χ1n) is 8.49. The van der Waals surface area contributed by atoms with Crippen LogP contribution in [0, 0.1) is 23.7 Å². The normalized spacial score (nSPS) is 28.9. The van der Waals surface area contributed by atoms with E-state index in [0.717, 1.165) is 29.4 Å². The number of hydrogen-bond acceptors (Lipinski definition) is 1. The van der Waals surface area contributed by atoms with E-state index in [0.29, 0.717) is 5.25 Å². The molecule has 0 N–H and O–H groups in total. The van der Waals surface area contributed by atoms with E-state index in [9.17, 15) is 0 Å². The highest BCUT2D eigenvalue weighted by Gasteiger charge is 2.28. The maximum Gasteiger partial charge on any atom is 0.0230 e. The van der Waals surface area contributed by atoms with Gasteiger partial charge in [-0.1, -0.05) is 58.8 Å². The molecule has 116 valence electrons. The van der Waals surface area contributed by atoms with Crippen LogP contribution in [0.15, 0.2) is 24.8 Å². The van der Waals surface area contributed by atoms with Crippen LogP contribution in [-0.2, 0) is 0 Å². The molecule has 0 aliphatic heterocycles. The Morgan fingerprint density at radius 2 is 2.05 bits per heavy atom. The van der Waals surface area contributed by atoms with E-state index < -0.39 is 0 Å². The van der Waals surface area contributed by atoms with Gasteiger partial charge in [-0.25, -0.2) is 0 Å². The first-order chi connectivity index (χ1) is 9.58. The molecule has 1 saturated carbocycles. The second-order valence-electron chi connectivity index (χ2n) is 6.82. The zero-order valence-corrected chi connectivity index (χ0v) is 14.8. The second-order valence-corrected chi connectivity index (χ2v) is 8.10. The Morgan fingerprint density at radius 1 is 1.30 bits per heavy atom. The molecule has 1 fully saturated rings. The molecule has 0 spiro atoms. The first-order valence-corrected chi connectivity index (χ1v) is 9.54. The van der Waals surface area contributed by atoms with E-state index in [-0.39, 0.29) is 0 Å². The number of allylic oxidation sites excluding steroid dienone is 1. The van der Waals surface area contributed by atoms with Crippen LogP contribution in [0.1, 0.15) is 59.8 Å². The van der Waals surface area contributed by atoms with Gasteiger partial charge in [0.2, 0.25) is 0 Å². The van der Waals surface area contributed by atoms with Crippen molar-refractivity contribution in [3.8, 4) is 0 Å². The maximum atomic E-state index is 3.84. The van der Waals surface area contributed by atoms with Crippen molar-refractivity contribution in [3.05, 3.63) is 24.8 Å². The van der Waals surface area contributed by atoms with Gasteiger partial charge in [0.1, 0.15) is 0 Å². The van der Waals surface area contributed by atoms with Crippen molar-refractivity contribution in [2.45, 2.75) is 65.0 Å². The number of rotatable bonds is 8. The summed E-state index contributed by atoms with van der Waals surface area (Å²) in [5, 5.41) is 0.683. The smallest absolute Gasteiger partial charge is 0.0230 e. The largest absolute Gasteiger partial charge is 0.150 e. The van der Waals surface area contributed by atoms with Gasteiger partial charge in [0.15, 0.2) is 0 Å². The molecule has 1 aliphatic rings. The SMILES string of the molecule is C=CCS[C@@H](/C=C/[C@@H]1C[C@H](C)CC[C@H]1C(C)C)CCC. The standard InChI is InChI=1S/C19H34S/c1-6-8-18(20-13-7-2)11-10-17-14-16(5)9-12-19(17)15(3)4/h7,10-11,15-19H,2,6,8-9,12-14H2,1,3-5H3/b11-10+/t16-,17-,18-,19+/m1/s1. The molecule has 4 atom stereocenters. The molecule has 0 nitrogen and oxygen atoms in total. The van der Waals surface area contributed by atoms with E-state index in [2.05, 4.69) is 46.4 Å². The molecule has 0 radical (unpaired) electrons. The lowest BCUT2D eigenvalue weighted by Gasteiger charge is -2.36. The highest BCUT2D eigenvalue weighted by Crippen LogP contribution is 2.39. The van der Waals surface area contributed by atoms with Gasteiger partial charge in [-0.05, 0) is 42.9 Å². The van der Waals surface area contributed by atoms with Crippen LogP contribution < -0.4 is 0 Å². The van der Waals surface area contributed by atoms with Crippen LogP contribution >= 0.6 is 11.8 Å². The van der Waals surface area contributed by atoms with Gasteiger partial charge < -0.3 is 0 Å². The van der Waals surface area contributed by atoms with E-state index in [1.165, 1.54) is 32.1 Å². The zero-order valence-electron chi connectivity index (χ0n) is 14.0. The van der Waals surface area contributed by atoms with Crippen LogP contribution in [0.25, 0.3) is 0 Å². The van der Waals surface area contributed by atoms with E-state index in [1.54, 1.807) is 0 Å². The summed E-state index contributed by atoms with van der Waals surface area (Å²) in [6.07, 6.45) is 13.9. The van der Waals surface area contributed by atoms with Crippen LogP contribution in [0.3, 0.4) is 0 Å². The Bertz CT molecular complexity index is 292. The summed E-state index contributed by atoms with van der Waals surface area (Å²) < 4.78 is 0. The molecule has 0 saturated heterocycles. The Labute approximate surface area is 131 Å². The molecule has 0 heterocycles. The van der Waals surface area contributed by atoms with Crippen molar-refractivity contribution in [3.63, 3.8) is 0 Å². The summed E-state index contributed by atoms with van der Waals surface area (Å²) in [5.41, 5.74) is 0. The second kappa shape index (κ2) is 9.71. The molecule has 0 aromatic heterocycles. The fourth-order valence-electron chi connectivity index (χ4n) is 3.48. The Kier molecular flexibility index (Phi) is 8.68.